The van der Waals surface area contributed by atoms with E-state index in [4.69, 9.17) is 0 Å². The summed E-state index contributed by atoms with van der Waals surface area (Å²) in [7, 11) is 0. The van der Waals surface area contributed by atoms with Crippen molar-refractivity contribution in [3.05, 3.63) is 52.3 Å². The molecule has 1 aromatic carbocycles. The molecule has 0 bridgehead atoms. The van der Waals surface area contributed by atoms with Crippen molar-refractivity contribution in [1.82, 2.24) is 15.2 Å². The third kappa shape index (κ3) is 3.73. The minimum Gasteiger partial charge on any atom is -0.359 e. The molecule has 2 aromatic rings. The number of hydrogen-bond acceptors (Lipinski definition) is 4. The first-order valence-corrected chi connectivity index (χ1v) is 10.8. The number of hydrogen-bond donors (Lipinski definition) is 3. The summed E-state index contributed by atoms with van der Waals surface area (Å²) in [6, 6.07) is 8.25. The number of fused-ring (bicyclic) bond motifs is 1. The van der Waals surface area contributed by atoms with Crippen molar-refractivity contribution in [2.45, 2.75) is 45.7 Å². The molecule has 1 aromatic heterocycles. The van der Waals surface area contributed by atoms with Crippen LogP contribution in [0.5, 0.6) is 0 Å². The monoisotopic (exact) mass is 406 g/mol. The molecule has 0 radical (unpaired) electrons. The highest BCUT2D eigenvalue weighted by Gasteiger charge is 2.30. The number of aromatic nitrogens is 1. The Hall–Kier alpha value is -2.70. The van der Waals surface area contributed by atoms with Crippen LogP contribution in [0.15, 0.2) is 24.3 Å². The van der Waals surface area contributed by atoms with E-state index in [2.05, 4.69) is 41.3 Å². The standard InChI is InChI=1S/C24H30N4O2/c1-4-17-14-28(11-10-25-17)22(9-12-29)23-15(2)21(26-16(23)3)13-19-18-7-5-6-8-20(18)27-24(19)30/h5-8,12-13,17,22,25-26H,4,9-11,14H2,1-3H3,(H,27,30). The molecular weight excluding hydrogens is 376 g/mol. The van der Waals surface area contributed by atoms with Crippen LogP contribution in [0.3, 0.4) is 0 Å². The fourth-order valence-electron chi connectivity index (χ4n) is 4.81. The largest absolute Gasteiger partial charge is 0.359 e. The lowest BCUT2D eigenvalue weighted by Crippen LogP contribution is -2.51. The molecule has 2 aliphatic rings. The summed E-state index contributed by atoms with van der Waals surface area (Å²) in [4.78, 5) is 30.0. The number of aryl methyl sites for hydroxylation is 1. The van der Waals surface area contributed by atoms with Gasteiger partial charge in [0.1, 0.15) is 6.29 Å². The third-order valence-electron chi connectivity index (χ3n) is 6.41. The summed E-state index contributed by atoms with van der Waals surface area (Å²) in [5.74, 6) is -0.0817. The van der Waals surface area contributed by atoms with Crippen molar-refractivity contribution in [3.63, 3.8) is 0 Å². The van der Waals surface area contributed by atoms with Crippen LogP contribution in [0, 0.1) is 13.8 Å². The van der Waals surface area contributed by atoms with Crippen molar-refractivity contribution in [3.8, 4) is 0 Å². The van der Waals surface area contributed by atoms with Crippen molar-refractivity contribution in [1.29, 1.82) is 0 Å². The highest BCUT2D eigenvalue weighted by molar-refractivity contribution is 6.34. The van der Waals surface area contributed by atoms with E-state index in [1.807, 2.05) is 30.3 Å². The zero-order valence-corrected chi connectivity index (χ0v) is 17.9. The summed E-state index contributed by atoms with van der Waals surface area (Å²) in [5, 5.41) is 6.48. The number of benzene rings is 1. The Labute approximate surface area is 177 Å². The van der Waals surface area contributed by atoms with E-state index in [1.54, 1.807) is 0 Å². The predicted molar refractivity (Wildman–Crippen MR) is 120 cm³/mol. The summed E-state index contributed by atoms with van der Waals surface area (Å²) in [5.41, 5.74) is 6.72. The minimum atomic E-state index is -0.0817. The molecule has 1 amide bonds. The molecule has 30 heavy (non-hydrogen) atoms. The lowest BCUT2D eigenvalue weighted by atomic mass is 9.96. The number of carbonyl (C=O) groups excluding carboxylic acids is 2. The first kappa shape index (κ1) is 20.6. The van der Waals surface area contributed by atoms with Crippen LogP contribution in [0.4, 0.5) is 5.69 Å². The Balaban J connectivity index is 1.71. The minimum absolute atomic E-state index is 0.0479. The number of anilines is 1. The van der Waals surface area contributed by atoms with E-state index in [9.17, 15) is 9.59 Å². The van der Waals surface area contributed by atoms with Crippen molar-refractivity contribution in [2.24, 2.45) is 0 Å². The van der Waals surface area contributed by atoms with E-state index >= 15 is 0 Å². The van der Waals surface area contributed by atoms with Crippen LogP contribution in [0.25, 0.3) is 11.6 Å². The number of piperazine rings is 1. The number of amides is 1. The van der Waals surface area contributed by atoms with Crippen LogP contribution >= 0.6 is 0 Å². The first-order valence-electron chi connectivity index (χ1n) is 10.8. The summed E-state index contributed by atoms with van der Waals surface area (Å²) in [6.07, 6.45) is 4.51. The van der Waals surface area contributed by atoms with Gasteiger partial charge >= 0.3 is 0 Å². The molecule has 3 N–H and O–H groups in total. The highest BCUT2D eigenvalue weighted by atomic mass is 16.2. The Morgan fingerprint density at radius 3 is 2.83 bits per heavy atom. The highest BCUT2D eigenvalue weighted by Crippen LogP contribution is 2.36. The van der Waals surface area contributed by atoms with Gasteiger partial charge in [-0.1, -0.05) is 25.1 Å². The predicted octanol–water partition coefficient (Wildman–Crippen LogP) is 3.44. The lowest BCUT2D eigenvalue weighted by Gasteiger charge is -2.38. The second-order valence-electron chi connectivity index (χ2n) is 8.23. The molecule has 2 atom stereocenters. The van der Waals surface area contributed by atoms with Gasteiger partial charge in [-0.25, -0.2) is 0 Å². The van der Waals surface area contributed by atoms with E-state index in [0.717, 1.165) is 60.5 Å². The van der Waals surface area contributed by atoms with Crippen molar-refractivity contribution < 1.29 is 9.59 Å². The van der Waals surface area contributed by atoms with Gasteiger partial charge < -0.3 is 20.4 Å². The zero-order valence-electron chi connectivity index (χ0n) is 17.9. The fourth-order valence-corrected chi connectivity index (χ4v) is 4.81. The number of para-hydroxylation sites is 1. The quantitative estimate of drug-likeness (QED) is 0.507. The van der Waals surface area contributed by atoms with E-state index in [-0.39, 0.29) is 11.9 Å². The maximum atomic E-state index is 12.5. The van der Waals surface area contributed by atoms with Crippen LogP contribution in [0.2, 0.25) is 0 Å². The second-order valence-corrected chi connectivity index (χ2v) is 8.23. The van der Waals surface area contributed by atoms with E-state index in [0.29, 0.717) is 18.0 Å². The molecule has 2 aliphatic heterocycles. The van der Waals surface area contributed by atoms with Gasteiger partial charge in [-0.3, -0.25) is 9.69 Å². The van der Waals surface area contributed by atoms with Gasteiger partial charge in [-0.15, -0.1) is 0 Å². The second kappa shape index (κ2) is 8.58. The van der Waals surface area contributed by atoms with Gasteiger partial charge in [-0.2, -0.15) is 0 Å². The molecule has 3 heterocycles. The van der Waals surface area contributed by atoms with Crippen molar-refractivity contribution >= 4 is 29.5 Å². The van der Waals surface area contributed by atoms with Crippen LogP contribution in [-0.2, 0) is 9.59 Å². The average Bonchev–Trinajstić information content (AvgIpc) is 3.22. The van der Waals surface area contributed by atoms with Crippen LogP contribution < -0.4 is 10.6 Å². The maximum Gasteiger partial charge on any atom is 0.256 e. The average molecular weight is 407 g/mol. The van der Waals surface area contributed by atoms with Gasteiger partial charge in [0.2, 0.25) is 0 Å². The summed E-state index contributed by atoms with van der Waals surface area (Å²) < 4.78 is 0. The molecular formula is C24H30N4O2. The third-order valence-corrected chi connectivity index (χ3v) is 6.41. The van der Waals surface area contributed by atoms with Gasteiger partial charge in [0.05, 0.1) is 5.57 Å². The normalized spacial score (nSPS) is 21.5. The molecule has 2 unspecified atom stereocenters. The molecule has 0 spiro atoms. The molecule has 6 nitrogen and oxygen atoms in total. The molecule has 158 valence electrons. The maximum absolute atomic E-state index is 12.5. The Bertz CT molecular complexity index is 991. The number of nitrogens with zero attached hydrogens (tertiary/aromatic N) is 1. The Kier molecular flexibility index (Phi) is 5.88. The van der Waals surface area contributed by atoms with Crippen LogP contribution in [0.1, 0.15) is 53.9 Å². The molecule has 0 saturated carbocycles. The number of rotatable bonds is 6. The smallest absolute Gasteiger partial charge is 0.256 e. The number of nitrogens with one attached hydrogen (secondary N) is 3. The molecule has 4 rings (SSSR count). The van der Waals surface area contributed by atoms with Crippen molar-refractivity contribution in [2.75, 3.05) is 25.0 Å². The molecule has 1 fully saturated rings. The van der Waals surface area contributed by atoms with Gasteiger partial charge in [0.15, 0.2) is 0 Å². The fraction of sp³-hybridized carbons (Fsp3) is 0.417. The topological polar surface area (TPSA) is 77.2 Å². The SMILES string of the molecule is CCC1CN(C(CC=O)c2c(C)[nH]c(C=C3C(=O)Nc4ccccc43)c2C)CCN1. The van der Waals surface area contributed by atoms with Crippen LogP contribution in [-0.4, -0.2) is 47.8 Å². The zero-order chi connectivity index (χ0) is 21.3. The van der Waals surface area contributed by atoms with E-state index < -0.39 is 0 Å². The van der Waals surface area contributed by atoms with E-state index in [1.165, 1.54) is 5.56 Å². The first-order chi connectivity index (χ1) is 14.5. The number of aldehydes is 1. The summed E-state index contributed by atoms with van der Waals surface area (Å²) in [6.45, 7) is 9.13. The molecule has 1 saturated heterocycles. The lowest BCUT2D eigenvalue weighted by molar-refractivity contribution is -0.111. The van der Waals surface area contributed by atoms with Gasteiger partial charge in [0, 0.05) is 60.8 Å². The number of H-pyrrole nitrogens is 1. The number of aromatic amines is 1. The Morgan fingerprint density at radius 2 is 2.07 bits per heavy atom. The van der Waals surface area contributed by atoms with Gasteiger partial charge in [0.25, 0.3) is 5.91 Å². The summed E-state index contributed by atoms with van der Waals surface area (Å²) >= 11 is 0. The Morgan fingerprint density at radius 1 is 1.27 bits per heavy atom. The molecule has 0 aliphatic carbocycles. The molecule has 6 heteroatoms. The number of carbonyl (C=O) groups is 2. The van der Waals surface area contributed by atoms with Gasteiger partial charge in [-0.05, 0) is 43.5 Å².